The minimum absolute atomic E-state index is 0.125. The first-order valence-electron chi connectivity index (χ1n) is 9.75. The number of nitrogens with one attached hydrogen (secondary N) is 4. The molecule has 11 heteroatoms. The molecular weight excluding hydrogens is 410 g/mol. The van der Waals surface area contributed by atoms with E-state index in [9.17, 15) is 4.79 Å². The smallest absolute Gasteiger partial charge is 0.245 e. The van der Waals surface area contributed by atoms with Crippen LogP contribution in [0.5, 0.6) is 0 Å². The lowest BCUT2D eigenvalue weighted by Crippen LogP contribution is -2.13. The third-order valence-corrected chi connectivity index (χ3v) is 4.44. The van der Waals surface area contributed by atoms with E-state index in [1.807, 2.05) is 50.2 Å². The van der Waals surface area contributed by atoms with Gasteiger partial charge in [-0.3, -0.25) is 21.1 Å². The van der Waals surface area contributed by atoms with E-state index in [0.29, 0.717) is 23.0 Å². The van der Waals surface area contributed by atoms with Crippen LogP contribution in [0, 0.1) is 6.92 Å². The van der Waals surface area contributed by atoms with Crippen molar-refractivity contribution in [3.63, 3.8) is 0 Å². The third-order valence-electron chi connectivity index (χ3n) is 4.44. The molecule has 0 radical (unpaired) electrons. The molecule has 2 aromatic heterocycles. The second-order valence-electron chi connectivity index (χ2n) is 7.02. The molecule has 0 spiro atoms. The van der Waals surface area contributed by atoms with Crippen LogP contribution >= 0.6 is 0 Å². The number of aryl methyl sites for hydroxylation is 1. The fraction of sp³-hybridized carbons (Fsp3) is 0.143. The fourth-order valence-corrected chi connectivity index (χ4v) is 2.77. The van der Waals surface area contributed by atoms with Crippen molar-refractivity contribution in [3.8, 4) is 0 Å². The number of benzene rings is 2. The number of carbonyl (C=O) groups is 1. The summed E-state index contributed by atoms with van der Waals surface area (Å²) in [5.74, 6) is 0.578. The van der Waals surface area contributed by atoms with Gasteiger partial charge in [-0.15, -0.1) is 0 Å². The van der Waals surface area contributed by atoms with Crippen molar-refractivity contribution in [1.82, 2.24) is 20.3 Å². The summed E-state index contributed by atoms with van der Waals surface area (Å²) in [5, 5.41) is 14.6. The predicted molar refractivity (Wildman–Crippen MR) is 122 cm³/mol. The summed E-state index contributed by atoms with van der Waals surface area (Å²) in [6.45, 7) is 5.33. The largest absolute Gasteiger partial charge is 0.326 e. The maximum Gasteiger partial charge on any atom is 0.245 e. The van der Waals surface area contributed by atoms with Gasteiger partial charge in [-0.25, -0.2) is 4.63 Å². The summed E-state index contributed by atoms with van der Waals surface area (Å²) in [4.78, 5) is 19.9. The Bertz CT molecular complexity index is 1260. The van der Waals surface area contributed by atoms with Crippen molar-refractivity contribution >= 4 is 45.9 Å². The highest BCUT2D eigenvalue weighted by Gasteiger charge is 2.13. The highest BCUT2D eigenvalue weighted by atomic mass is 16.6. The van der Waals surface area contributed by atoms with E-state index in [1.54, 1.807) is 12.1 Å². The Labute approximate surface area is 183 Å². The average Bonchev–Trinajstić information content (AvgIpc) is 3.24. The summed E-state index contributed by atoms with van der Waals surface area (Å²) in [5.41, 5.74) is 13.8. The number of aromatic nitrogens is 4. The number of fused-ring (bicyclic) bond motifs is 1. The molecule has 0 aliphatic carbocycles. The van der Waals surface area contributed by atoms with E-state index in [4.69, 9.17) is 4.63 Å². The van der Waals surface area contributed by atoms with Gasteiger partial charge in [0.2, 0.25) is 17.2 Å². The Morgan fingerprint density at radius 3 is 2.12 bits per heavy atom. The van der Waals surface area contributed by atoms with Crippen LogP contribution in [0.15, 0.2) is 58.3 Å². The topological polar surface area (TPSA) is 142 Å². The van der Waals surface area contributed by atoms with Crippen molar-refractivity contribution in [2.75, 3.05) is 21.6 Å². The second-order valence-corrected chi connectivity index (χ2v) is 7.02. The summed E-state index contributed by atoms with van der Waals surface area (Å²) in [6, 6.07) is 15.2. The van der Waals surface area contributed by atoms with Crippen LogP contribution in [-0.2, 0) is 4.79 Å². The Hall–Kier alpha value is -4.54. The van der Waals surface area contributed by atoms with E-state index < -0.39 is 0 Å². The molecule has 0 fully saturated rings. The molecule has 0 bridgehead atoms. The fourth-order valence-electron chi connectivity index (χ4n) is 2.77. The third kappa shape index (κ3) is 4.95. The molecule has 2 aromatic carbocycles. The lowest BCUT2D eigenvalue weighted by Gasteiger charge is -2.12. The minimum Gasteiger partial charge on any atom is -0.326 e. The Morgan fingerprint density at radius 2 is 1.47 bits per heavy atom. The number of hydrazine groups is 1. The van der Waals surface area contributed by atoms with Gasteiger partial charge >= 0.3 is 0 Å². The number of hydrazone groups is 1. The SMILES string of the molecule is CC(=O)Nc1ccc(/C(C)=N\Nc2nc3nonc3nc2NNc2ccc(C)cc2)cc1. The lowest BCUT2D eigenvalue weighted by atomic mass is 10.1. The predicted octanol–water partition coefficient (Wildman–Crippen LogP) is 3.55. The number of rotatable bonds is 7. The second kappa shape index (κ2) is 9.08. The standard InChI is InChI=1S/C21H21N9O2/c1-12-4-8-17(9-5-12)26-28-19-18(23-20-21(24-19)30-32-29-20)27-25-13(2)15-6-10-16(11-7-15)22-14(3)31/h4-11,26H,1-3H3,(H,22,31)(H,23,27,29)(H,24,28,30)/b25-13-. The molecule has 0 aliphatic heterocycles. The first-order valence-corrected chi connectivity index (χ1v) is 9.75. The minimum atomic E-state index is -0.125. The van der Waals surface area contributed by atoms with Crippen molar-refractivity contribution in [1.29, 1.82) is 0 Å². The number of carbonyl (C=O) groups excluding carboxylic acids is 1. The first kappa shape index (κ1) is 20.7. The molecular formula is C21H21N9O2. The molecule has 4 rings (SSSR count). The number of amides is 1. The number of anilines is 4. The van der Waals surface area contributed by atoms with Crippen molar-refractivity contribution in [2.45, 2.75) is 20.8 Å². The van der Waals surface area contributed by atoms with Gasteiger partial charge in [0.15, 0.2) is 11.6 Å². The summed E-state index contributed by atoms with van der Waals surface area (Å²) >= 11 is 0. The van der Waals surface area contributed by atoms with E-state index in [2.05, 4.69) is 47.0 Å². The van der Waals surface area contributed by atoms with E-state index >= 15 is 0 Å². The number of hydrogen-bond acceptors (Lipinski definition) is 10. The maximum atomic E-state index is 11.2. The zero-order valence-electron chi connectivity index (χ0n) is 17.7. The van der Waals surface area contributed by atoms with Crippen LogP contribution in [0.1, 0.15) is 25.0 Å². The summed E-state index contributed by atoms with van der Waals surface area (Å²) < 4.78 is 4.72. The van der Waals surface area contributed by atoms with E-state index in [-0.39, 0.29) is 17.2 Å². The quantitative estimate of drug-likeness (QED) is 0.255. The van der Waals surface area contributed by atoms with Gasteiger partial charge < -0.3 is 5.32 Å². The Balaban J connectivity index is 1.53. The molecule has 0 saturated carbocycles. The Kier molecular flexibility index (Phi) is 5.88. The van der Waals surface area contributed by atoms with Crippen molar-refractivity contribution in [2.24, 2.45) is 5.10 Å². The van der Waals surface area contributed by atoms with E-state index in [1.165, 1.54) is 6.92 Å². The first-order chi connectivity index (χ1) is 15.5. The molecule has 4 N–H and O–H groups in total. The van der Waals surface area contributed by atoms with Crippen LogP contribution in [0.25, 0.3) is 11.3 Å². The lowest BCUT2D eigenvalue weighted by molar-refractivity contribution is -0.114. The zero-order chi connectivity index (χ0) is 22.5. The molecule has 0 aliphatic rings. The van der Waals surface area contributed by atoms with Crippen LogP contribution in [0.2, 0.25) is 0 Å². The summed E-state index contributed by atoms with van der Waals surface area (Å²) in [6.07, 6.45) is 0. The Morgan fingerprint density at radius 1 is 0.844 bits per heavy atom. The summed E-state index contributed by atoms with van der Waals surface area (Å²) in [7, 11) is 0. The zero-order valence-corrected chi connectivity index (χ0v) is 17.7. The molecule has 11 nitrogen and oxygen atoms in total. The van der Waals surface area contributed by atoms with Crippen LogP contribution in [0.4, 0.5) is 23.0 Å². The van der Waals surface area contributed by atoms with Crippen LogP contribution in [-0.4, -0.2) is 31.9 Å². The molecule has 0 atom stereocenters. The molecule has 162 valence electrons. The molecule has 0 saturated heterocycles. The number of hydrogen-bond donors (Lipinski definition) is 4. The van der Waals surface area contributed by atoms with Crippen LogP contribution < -0.4 is 21.6 Å². The monoisotopic (exact) mass is 431 g/mol. The van der Waals surface area contributed by atoms with Crippen molar-refractivity contribution in [3.05, 3.63) is 59.7 Å². The van der Waals surface area contributed by atoms with Gasteiger partial charge in [0.05, 0.1) is 11.4 Å². The molecule has 0 unspecified atom stereocenters. The highest BCUT2D eigenvalue weighted by molar-refractivity contribution is 5.99. The van der Waals surface area contributed by atoms with Gasteiger partial charge in [-0.1, -0.05) is 29.8 Å². The van der Waals surface area contributed by atoms with Gasteiger partial charge in [0, 0.05) is 12.6 Å². The van der Waals surface area contributed by atoms with Gasteiger partial charge in [0.1, 0.15) is 0 Å². The molecule has 32 heavy (non-hydrogen) atoms. The average molecular weight is 431 g/mol. The molecule has 2 heterocycles. The molecule has 1 amide bonds. The number of nitrogens with zero attached hydrogens (tertiary/aromatic N) is 5. The van der Waals surface area contributed by atoms with E-state index in [0.717, 1.165) is 16.8 Å². The highest BCUT2D eigenvalue weighted by Crippen LogP contribution is 2.21. The van der Waals surface area contributed by atoms with Gasteiger partial charge in [0.25, 0.3) is 0 Å². The maximum absolute atomic E-state index is 11.2. The van der Waals surface area contributed by atoms with Crippen LogP contribution in [0.3, 0.4) is 0 Å². The van der Waals surface area contributed by atoms with Crippen molar-refractivity contribution < 1.29 is 9.42 Å². The van der Waals surface area contributed by atoms with Gasteiger partial charge in [-0.2, -0.15) is 15.1 Å². The molecule has 4 aromatic rings. The van der Waals surface area contributed by atoms with Gasteiger partial charge in [-0.05, 0) is 54.0 Å². The normalized spacial score (nSPS) is 11.3.